The maximum absolute atomic E-state index is 9.89. The molecule has 0 heterocycles. The quantitative estimate of drug-likeness (QED) is 0.529. The molecule has 0 amide bonds. The van der Waals surface area contributed by atoms with Crippen molar-refractivity contribution in [3.63, 3.8) is 0 Å². The summed E-state index contributed by atoms with van der Waals surface area (Å²) in [5.74, 6) is 0.209. The summed E-state index contributed by atoms with van der Waals surface area (Å²) < 4.78 is 0. The molecule has 0 bridgehead atoms. The molecule has 0 aliphatic heterocycles. The van der Waals surface area contributed by atoms with Crippen molar-refractivity contribution in [3.8, 4) is 16.9 Å². The minimum Gasteiger partial charge on any atom is -0.507 e. The van der Waals surface area contributed by atoms with Crippen LogP contribution in [0.2, 0.25) is 0 Å². The standard InChI is InChI=1S/C13H14N2O/c14-8-10-6-13(16)11(7-12(10)15)9-4-2-1-3-5-9/h1-7,16H,8,14-15H2. The first-order valence-electron chi connectivity index (χ1n) is 5.09. The molecule has 0 atom stereocenters. The molecule has 0 saturated carbocycles. The number of hydrogen-bond donors (Lipinski definition) is 3. The second kappa shape index (κ2) is 4.24. The fraction of sp³-hybridized carbons (Fsp3) is 0.0769. The van der Waals surface area contributed by atoms with Crippen LogP contribution in [0.3, 0.4) is 0 Å². The monoisotopic (exact) mass is 214 g/mol. The largest absolute Gasteiger partial charge is 0.507 e. The maximum atomic E-state index is 9.89. The summed E-state index contributed by atoms with van der Waals surface area (Å²) in [6.45, 7) is 0.328. The Labute approximate surface area is 94.3 Å². The molecule has 0 spiro atoms. The zero-order valence-corrected chi connectivity index (χ0v) is 8.85. The molecule has 0 aliphatic carbocycles. The van der Waals surface area contributed by atoms with Gasteiger partial charge >= 0.3 is 0 Å². The lowest BCUT2D eigenvalue weighted by Crippen LogP contribution is -2.01. The Morgan fingerprint density at radius 3 is 2.38 bits per heavy atom. The summed E-state index contributed by atoms with van der Waals surface area (Å²) in [5.41, 5.74) is 14.4. The number of nitrogens with two attached hydrogens (primary N) is 2. The van der Waals surface area contributed by atoms with Gasteiger partial charge in [-0.2, -0.15) is 0 Å². The fourth-order valence-corrected chi connectivity index (χ4v) is 1.67. The molecule has 3 heteroatoms. The summed E-state index contributed by atoms with van der Waals surface area (Å²) in [5, 5.41) is 9.89. The normalized spacial score (nSPS) is 10.3. The number of hydrogen-bond acceptors (Lipinski definition) is 3. The molecule has 2 aromatic rings. The van der Waals surface area contributed by atoms with E-state index in [1.54, 1.807) is 12.1 Å². The number of anilines is 1. The highest BCUT2D eigenvalue weighted by Gasteiger charge is 2.07. The van der Waals surface area contributed by atoms with Crippen molar-refractivity contribution in [2.24, 2.45) is 5.73 Å². The Bertz CT molecular complexity index is 495. The molecule has 16 heavy (non-hydrogen) atoms. The van der Waals surface area contributed by atoms with Gasteiger partial charge in [0.2, 0.25) is 0 Å². The summed E-state index contributed by atoms with van der Waals surface area (Å²) in [6.07, 6.45) is 0. The number of nitrogen functional groups attached to an aromatic ring is 1. The van der Waals surface area contributed by atoms with Crippen LogP contribution in [0.4, 0.5) is 5.69 Å². The van der Waals surface area contributed by atoms with Crippen LogP contribution in [0.1, 0.15) is 5.56 Å². The molecule has 2 aromatic carbocycles. The van der Waals surface area contributed by atoms with E-state index in [1.807, 2.05) is 30.3 Å². The first-order valence-corrected chi connectivity index (χ1v) is 5.09. The number of rotatable bonds is 2. The average Bonchev–Trinajstić information content (AvgIpc) is 2.32. The Balaban J connectivity index is 2.55. The van der Waals surface area contributed by atoms with Gasteiger partial charge in [-0.1, -0.05) is 30.3 Å². The van der Waals surface area contributed by atoms with Crippen molar-refractivity contribution in [2.45, 2.75) is 6.54 Å². The lowest BCUT2D eigenvalue weighted by Gasteiger charge is -2.09. The lowest BCUT2D eigenvalue weighted by molar-refractivity contribution is 0.476. The SMILES string of the molecule is NCc1cc(O)c(-c2ccccc2)cc1N. The number of benzene rings is 2. The van der Waals surface area contributed by atoms with E-state index < -0.39 is 0 Å². The third-order valence-corrected chi connectivity index (χ3v) is 2.56. The highest BCUT2D eigenvalue weighted by molar-refractivity contribution is 5.75. The third-order valence-electron chi connectivity index (χ3n) is 2.56. The van der Waals surface area contributed by atoms with Crippen LogP contribution in [0.15, 0.2) is 42.5 Å². The maximum Gasteiger partial charge on any atom is 0.123 e. The summed E-state index contributed by atoms with van der Waals surface area (Å²) in [4.78, 5) is 0. The van der Waals surface area contributed by atoms with E-state index >= 15 is 0 Å². The highest BCUT2D eigenvalue weighted by Crippen LogP contribution is 2.32. The molecule has 0 saturated heterocycles. The molecule has 0 unspecified atom stereocenters. The molecule has 0 aromatic heterocycles. The Morgan fingerprint density at radius 2 is 1.75 bits per heavy atom. The molecule has 3 nitrogen and oxygen atoms in total. The Hall–Kier alpha value is -2.00. The van der Waals surface area contributed by atoms with E-state index in [1.165, 1.54) is 0 Å². The molecular formula is C13H14N2O. The van der Waals surface area contributed by atoms with Gasteiger partial charge in [0.1, 0.15) is 5.75 Å². The van der Waals surface area contributed by atoms with Gasteiger partial charge in [0, 0.05) is 17.8 Å². The van der Waals surface area contributed by atoms with Gasteiger partial charge in [-0.05, 0) is 23.3 Å². The molecular weight excluding hydrogens is 200 g/mol. The van der Waals surface area contributed by atoms with Crippen molar-refractivity contribution >= 4 is 5.69 Å². The molecule has 0 aliphatic rings. The van der Waals surface area contributed by atoms with Gasteiger partial charge < -0.3 is 16.6 Å². The number of phenolic OH excluding ortho intramolecular Hbond substituents is 1. The summed E-state index contributed by atoms with van der Waals surface area (Å²) >= 11 is 0. The van der Waals surface area contributed by atoms with Crippen molar-refractivity contribution in [1.29, 1.82) is 0 Å². The predicted molar refractivity (Wildman–Crippen MR) is 65.8 cm³/mol. The summed E-state index contributed by atoms with van der Waals surface area (Å²) in [6, 6.07) is 13.0. The van der Waals surface area contributed by atoms with Crippen molar-refractivity contribution in [3.05, 3.63) is 48.0 Å². The third kappa shape index (κ3) is 1.85. The van der Waals surface area contributed by atoms with Crippen LogP contribution >= 0.6 is 0 Å². The van der Waals surface area contributed by atoms with Gasteiger partial charge in [-0.25, -0.2) is 0 Å². The second-order valence-electron chi connectivity index (χ2n) is 3.64. The smallest absolute Gasteiger partial charge is 0.123 e. The van der Waals surface area contributed by atoms with Gasteiger partial charge in [0.15, 0.2) is 0 Å². The first kappa shape index (κ1) is 10.5. The average molecular weight is 214 g/mol. The minimum atomic E-state index is 0.209. The van der Waals surface area contributed by atoms with Crippen molar-refractivity contribution in [2.75, 3.05) is 5.73 Å². The Morgan fingerprint density at radius 1 is 1.06 bits per heavy atom. The first-order chi connectivity index (χ1) is 7.72. The van der Waals surface area contributed by atoms with E-state index in [-0.39, 0.29) is 5.75 Å². The molecule has 0 radical (unpaired) electrons. The number of aromatic hydroxyl groups is 1. The van der Waals surface area contributed by atoms with Gasteiger partial charge in [0.05, 0.1) is 0 Å². The number of phenols is 1. The summed E-state index contributed by atoms with van der Waals surface area (Å²) in [7, 11) is 0. The molecule has 82 valence electrons. The second-order valence-corrected chi connectivity index (χ2v) is 3.64. The lowest BCUT2D eigenvalue weighted by atomic mass is 10.0. The molecule has 2 rings (SSSR count). The van der Waals surface area contributed by atoms with Gasteiger partial charge in [0.25, 0.3) is 0 Å². The van der Waals surface area contributed by atoms with E-state index in [2.05, 4.69) is 0 Å². The highest BCUT2D eigenvalue weighted by atomic mass is 16.3. The topological polar surface area (TPSA) is 72.3 Å². The van der Waals surface area contributed by atoms with E-state index in [0.29, 0.717) is 12.2 Å². The fourth-order valence-electron chi connectivity index (χ4n) is 1.67. The van der Waals surface area contributed by atoms with Crippen LogP contribution in [-0.2, 0) is 6.54 Å². The molecule has 5 N–H and O–H groups in total. The van der Waals surface area contributed by atoms with Gasteiger partial charge in [-0.3, -0.25) is 0 Å². The van der Waals surface area contributed by atoms with Crippen molar-refractivity contribution in [1.82, 2.24) is 0 Å². The van der Waals surface area contributed by atoms with Crippen LogP contribution in [0.25, 0.3) is 11.1 Å². The molecule has 0 fully saturated rings. The van der Waals surface area contributed by atoms with E-state index in [4.69, 9.17) is 11.5 Å². The van der Waals surface area contributed by atoms with Crippen LogP contribution < -0.4 is 11.5 Å². The van der Waals surface area contributed by atoms with Crippen LogP contribution in [-0.4, -0.2) is 5.11 Å². The minimum absolute atomic E-state index is 0.209. The Kier molecular flexibility index (Phi) is 2.79. The van der Waals surface area contributed by atoms with Crippen LogP contribution in [0.5, 0.6) is 5.75 Å². The van der Waals surface area contributed by atoms with Gasteiger partial charge in [-0.15, -0.1) is 0 Å². The van der Waals surface area contributed by atoms with E-state index in [9.17, 15) is 5.11 Å². The predicted octanol–water partition coefficient (Wildman–Crippen LogP) is 2.10. The van der Waals surface area contributed by atoms with E-state index in [0.717, 1.165) is 16.7 Å². The van der Waals surface area contributed by atoms with Crippen molar-refractivity contribution < 1.29 is 5.11 Å². The zero-order valence-electron chi connectivity index (χ0n) is 8.85. The van der Waals surface area contributed by atoms with Crippen LogP contribution in [0, 0.1) is 0 Å². The zero-order chi connectivity index (χ0) is 11.5.